The average molecular weight is 304 g/mol. The van der Waals surface area contributed by atoms with E-state index in [-0.39, 0.29) is 17.2 Å². The molecule has 3 N–H and O–H groups in total. The predicted molar refractivity (Wildman–Crippen MR) is 83.3 cm³/mol. The molecule has 0 unspecified atom stereocenters. The van der Waals surface area contributed by atoms with Crippen LogP contribution in [0.25, 0.3) is 5.65 Å². The average Bonchev–Trinajstić information content (AvgIpc) is 2.86. The third-order valence-corrected chi connectivity index (χ3v) is 4.31. The maximum atomic E-state index is 11.5. The number of aromatic carboxylic acids is 1. The van der Waals surface area contributed by atoms with Crippen molar-refractivity contribution in [2.24, 2.45) is 0 Å². The third kappa shape index (κ3) is 2.57. The van der Waals surface area contributed by atoms with E-state index < -0.39 is 5.97 Å². The summed E-state index contributed by atoms with van der Waals surface area (Å²) in [5.74, 6) is -0.961. The molecule has 1 aliphatic heterocycles. The molecule has 3 rings (SSSR count). The smallest absolute Gasteiger partial charge is 0.339 e. The lowest BCUT2D eigenvalue weighted by Gasteiger charge is -2.36. The zero-order chi connectivity index (χ0) is 15.9. The van der Waals surface area contributed by atoms with E-state index in [2.05, 4.69) is 26.9 Å². The first-order chi connectivity index (χ1) is 10.5. The maximum absolute atomic E-state index is 11.5. The number of nitrogen functional groups attached to an aromatic ring is 1. The molecule has 0 aromatic carbocycles. The zero-order valence-corrected chi connectivity index (χ0v) is 12.7. The summed E-state index contributed by atoms with van der Waals surface area (Å²) >= 11 is 0. The molecule has 0 saturated carbocycles. The summed E-state index contributed by atoms with van der Waals surface area (Å²) in [7, 11) is 4.10. The first kappa shape index (κ1) is 14.6. The highest BCUT2D eigenvalue weighted by atomic mass is 16.4. The number of carboxylic acid groups (broad SMARTS) is 1. The number of hydrogen-bond acceptors (Lipinski definition) is 6. The standard InChI is InChI=1S/C14H20N6O2/c1-18-5-3-9(4-6-18)19(2)10-7-11(13(21)22)12-16-14(15)17-20(12)8-10/h7-9H,3-6H2,1-2H3,(H2,15,17)(H,21,22). The molecule has 2 aromatic rings. The monoisotopic (exact) mass is 304 g/mol. The van der Waals surface area contributed by atoms with Crippen LogP contribution in [0, 0.1) is 0 Å². The lowest BCUT2D eigenvalue weighted by Crippen LogP contribution is -2.42. The second-order valence-electron chi connectivity index (χ2n) is 5.80. The van der Waals surface area contributed by atoms with Crippen LogP contribution < -0.4 is 10.6 Å². The van der Waals surface area contributed by atoms with Crippen LogP contribution in [-0.4, -0.2) is 63.8 Å². The zero-order valence-electron chi connectivity index (χ0n) is 12.7. The number of nitrogens with zero attached hydrogens (tertiary/aromatic N) is 5. The number of hydrogen-bond donors (Lipinski definition) is 2. The third-order valence-electron chi connectivity index (χ3n) is 4.31. The van der Waals surface area contributed by atoms with Gasteiger partial charge in [0.05, 0.1) is 11.9 Å². The van der Waals surface area contributed by atoms with Crippen LogP contribution in [0.1, 0.15) is 23.2 Å². The van der Waals surface area contributed by atoms with E-state index in [1.54, 1.807) is 12.3 Å². The van der Waals surface area contributed by atoms with Gasteiger partial charge >= 0.3 is 5.97 Å². The molecular weight excluding hydrogens is 284 g/mol. The van der Waals surface area contributed by atoms with Crippen LogP contribution in [-0.2, 0) is 0 Å². The molecule has 1 fully saturated rings. The minimum Gasteiger partial charge on any atom is -0.478 e. The molecule has 1 aliphatic rings. The maximum Gasteiger partial charge on any atom is 0.339 e. The van der Waals surface area contributed by atoms with Crippen molar-refractivity contribution in [2.45, 2.75) is 18.9 Å². The van der Waals surface area contributed by atoms with Gasteiger partial charge in [-0.2, -0.15) is 4.98 Å². The van der Waals surface area contributed by atoms with Crippen molar-refractivity contribution >= 4 is 23.3 Å². The van der Waals surface area contributed by atoms with Gasteiger partial charge in [-0.3, -0.25) is 0 Å². The van der Waals surface area contributed by atoms with Gasteiger partial charge in [0.1, 0.15) is 5.56 Å². The molecule has 0 spiro atoms. The van der Waals surface area contributed by atoms with Crippen molar-refractivity contribution in [1.29, 1.82) is 0 Å². The van der Waals surface area contributed by atoms with Crippen LogP contribution in [0.4, 0.5) is 11.6 Å². The number of fused-ring (bicyclic) bond motifs is 1. The highest BCUT2D eigenvalue weighted by Gasteiger charge is 2.23. The van der Waals surface area contributed by atoms with Crippen molar-refractivity contribution in [3.05, 3.63) is 17.8 Å². The number of anilines is 2. The Morgan fingerprint density at radius 2 is 2.14 bits per heavy atom. The van der Waals surface area contributed by atoms with Crippen LogP contribution in [0.5, 0.6) is 0 Å². The molecule has 0 aliphatic carbocycles. The van der Waals surface area contributed by atoms with Gasteiger partial charge in [0, 0.05) is 13.1 Å². The molecular formula is C14H20N6O2. The fourth-order valence-corrected chi connectivity index (χ4v) is 2.93. The number of aromatic nitrogens is 3. The first-order valence-corrected chi connectivity index (χ1v) is 7.26. The minimum atomic E-state index is -1.03. The molecule has 22 heavy (non-hydrogen) atoms. The quantitative estimate of drug-likeness (QED) is 0.853. The molecule has 0 radical (unpaired) electrons. The molecule has 8 heteroatoms. The van der Waals surface area contributed by atoms with Gasteiger partial charge in [0.2, 0.25) is 5.95 Å². The first-order valence-electron chi connectivity index (χ1n) is 7.26. The predicted octanol–water partition coefficient (Wildman–Crippen LogP) is 0.540. The summed E-state index contributed by atoms with van der Waals surface area (Å²) in [4.78, 5) is 19.9. The summed E-state index contributed by atoms with van der Waals surface area (Å²) < 4.78 is 1.44. The van der Waals surface area contributed by atoms with Crippen molar-refractivity contribution in [2.75, 3.05) is 37.8 Å². The van der Waals surface area contributed by atoms with Gasteiger partial charge in [0.15, 0.2) is 5.65 Å². The lowest BCUT2D eigenvalue weighted by atomic mass is 10.0. The largest absolute Gasteiger partial charge is 0.478 e. The Balaban J connectivity index is 1.97. The van der Waals surface area contributed by atoms with Gasteiger partial charge in [-0.25, -0.2) is 9.31 Å². The van der Waals surface area contributed by atoms with Crippen molar-refractivity contribution in [3.8, 4) is 0 Å². The van der Waals surface area contributed by atoms with E-state index in [1.807, 2.05) is 7.05 Å². The van der Waals surface area contributed by atoms with E-state index in [0.717, 1.165) is 31.6 Å². The Kier molecular flexibility index (Phi) is 3.61. The topological polar surface area (TPSA) is 100.0 Å². The second-order valence-corrected chi connectivity index (χ2v) is 5.80. The normalized spacial score (nSPS) is 17.0. The summed E-state index contributed by atoms with van der Waals surface area (Å²) in [5, 5.41) is 13.4. The molecule has 2 aromatic heterocycles. The molecule has 0 amide bonds. The van der Waals surface area contributed by atoms with Crippen molar-refractivity contribution in [3.63, 3.8) is 0 Å². The summed E-state index contributed by atoms with van der Waals surface area (Å²) in [5.41, 5.74) is 6.78. The number of piperidine rings is 1. The number of rotatable bonds is 3. The molecule has 3 heterocycles. The van der Waals surface area contributed by atoms with Crippen LogP contribution in [0.2, 0.25) is 0 Å². The Morgan fingerprint density at radius 3 is 2.77 bits per heavy atom. The van der Waals surface area contributed by atoms with Crippen molar-refractivity contribution < 1.29 is 9.90 Å². The van der Waals surface area contributed by atoms with E-state index in [1.165, 1.54) is 4.52 Å². The Hall–Kier alpha value is -2.35. The highest BCUT2D eigenvalue weighted by Crippen LogP contribution is 2.24. The minimum absolute atomic E-state index is 0.0709. The number of carboxylic acids is 1. The fourth-order valence-electron chi connectivity index (χ4n) is 2.93. The van der Waals surface area contributed by atoms with Crippen LogP contribution in [0.15, 0.2) is 12.3 Å². The molecule has 0 bridgehead atoms. The fraction of sp³-hybridized carbons (Fsp3) is 0.500. The molecule has 8 nitrogen and oxygen atoms in total. The summed E-state index contributed by atoms with van der Waals surface area (Å²) in [6.07, 6.45) is 3.88. The molecule has 1 saturated heterocycles. The Morgan fingerprint density at radius 1 is 1.45 bits per heavy atom. The number of nitrogens with two attached hydrogens (primary N) is 1. The number of carbonyl (C=O) groups is 1. The van der Waals surface area contributed by atoms with E-state index >= 15 is 0 Å². The summed E-state index contributed by atoms with van der Waals surface area (Å²) in [6.45, 7) is 2.08. The van der Waals surface area contributed by atoms with E-state index in [4.69, 9.17) is 5.73 Å². The van der Waals surface area contributed by atoms with Gasteiger partial charge in [-0.05, 0) is 39.0 Å². The highest BCUT2D eigenvalue weighted by molar-refractivity contribution is 5.95. The number of pyridine rings is 1. The second kappa shape index (κ2) is 5.45. The molecule has 118 valence electrons. The Bertz CT molecular complexity index is 705. The van der Waals surface area contributed by atoms with Crippen LogP contribution >= 0.6 is 0 Å². The van der Waals surface area contributed by atoms with Gasteiger partial charge in [-0.15, -0.1) is 5.10 Å². The van der Waals surface area contributed by atoms with E-state index in [0.29, 0.717) is 6.04 Å². The lowest BCUT2D eigenvalue weighted by molar-refractivity contribution is 0.0698. The van der Waals surface area contributed by atoms with Crippen molar-refractivity contribution in [1.82, 2.24) is 19.5 Å². The van der Waals surface area contributed by atoms with Gasteiger partial charge in [0.25, 0.3) is 0 Å². The van der Waals surface area contributed by atoms with E-state index in [9.17, 15) is 9.90 Å². The Labute approximate surface area is 128 Å². The van der Waals surface area contributed by atoms with Gasteiger partial charge in [-0.1, -0.05) is 0 Å². The SMILES string of the molecule is CN1CCC(N(C)c2cc(C(=O)O)c3nc(N)nn3c2)CC1. The molecule has 0 atom stereocenters. The van der Waals surface area contributed by atoms with Crippen LogP contribution in [0.3, 0.4) is 0 Å². The van der Waals surface area contributed by atoms with Gasteiger partial charge < -0.3 is 20.6 Å². The number of likely N-dealkylation sites (tertiary alicyclic amines) is 1. The summed E-state index contributed by atoms with van der Waals surface area (Å²) in [6, 6.07) is 2.03.